The van der Waals surface area contributed by atoms with Crippen LogP contribution < -0.4 is 0 Å². The fourth-order valence-electron chi connectivity index (χ4n) is 3.16. The van der Waals surface area contributed by atoms with E-state index in [0.717, 1.165) is 30.5 Å². The highest BCUT2D eigenvalue weighted by atomic mass is 79.9. The normalized spacial score (nSPS) is 19.3. The molecule has 21 heavy (non-hydrogen) atoms. The summed E-state index contributed by atoms with van der Waals surface area (Å²) in [6, 6.07) is 12.5. The van der Waals surface area contributed by atoms with Crippen molar-refractivity contribution in [2.24, 2.45) is 0 Å². The van der Waals surface area contributed by atoms with Gasteiger partial charge in [-0.25, -0.2) is 0 Å². The summed E-state index contributed by atoms with van der Waals surface area (Å²) in [4.78, 5) is 1.21. The van der Waals surface area contributed by atoms with Gasteiger partial charge in [0.2, 0.25) is 0 Å². The Kier molecular flexibility index (Phi) is 4.79. The molecule has 1 fully saturated rings. The van der Waals surface area contributed by atoms with Crippen LogP contribution in [0.2, 0.25) is 0 Å². The second-order valence-corrected chi connectivity index (χ2v) is 7.40. The van der Waals surface area contributed by atoms with Crippen LogP contribution in [0.15, 0.2) is 46.3 Å². The van der Waals surface area contributed by atoms with Gasteiger partial charge in [-0.3, -0.25) is 0 Å². The van der Waals surface area contributed by atoms with E-state index in [1.54, 1.807) is 11.3 Å². The maximum absolute atomic E-state index is 11.0. The second-order valence-electron chi connectivity index (χ2n) is 5.55. The smallest absolute Gasteiger partial charge is 0.0687 e. The third-order valence-electron chi connectivity index (χ3n) is 4.44. The van der Waals surface area contributed by atoms with Crippen LogP contribution in [0.3, 0.4) is 0 Å². The summed E-state index contributed by atoms with van der Waals surface area (Å²) in [6.45, 7) is 1.44. The molecule has 0 saturated carbocycles. The molecule has 1 aliphatic rings. The van der Waals surface area contributed by atoms with Crippen molar-refractivity contribution in [1.29, 1.82) is 0 Å². The van der Waals surface area contributed by atoms with Gasteiger partial charge in [-0.15, -0.1) is 11.3 Å². The number of thiophene rings is 1. The van der Waals surface area contributed by atoms with Crippen LogP contribution in [0.1, 0.15) is 23.3 Å². The lowest BCUT2D eigenvalue weighted by Gasteiger charge is -2.41. The maximum Gasteiger partial charge on any atom is 0.0687 e. The summed E-state index contributed by atoms with van der Waals surface area (Å²) in [5.41, 5.74) is 1.04. The van der Waals surface area contributed by atoms with E-state index >= 15 is 0 Å². The number of benzene rings is 1. The van der Waals surface area contributed by atoms with Gasteiger partial charge < -0.3 is 9.84 Å². The molecule has 4 heteroatoms. The molecule has 1 aliphatic heterocycles. The van der Waals surface area contributed by atoms with Gasteiger partial charge in [0.05, 0.1) is 6.10 Å². The zero-order valence-electron chi connectivity index (χ0n) is 11.8. The number of hydrogen-bond acceptors (Lipinski definition) is 3. The van der Waals surface area contributed by atoms with Gasteiger partial charge in [-0.2, -0.15) is 0 Å². The van der Waals surface area contributed by atoms with Gasteiger partial charge in [-0.05, 0) is 45.8 Å². The van der Waals surface area contributed by atoms with E-state index < -0.39 is 6.10 Å². The first-order valence-corrected chi connectivity index (χ1v) is 8.93. The second kappa shape index (κ2) is 6.61. The molecule has 1 saturated heterocycles. The topological polar surface area (TPSA) is 29.5 Å². The zero-order chi connectivity index (χ0) is 14.7. The lowest BCUT2D eigenvalue weighted by molar-refractivity contribution is -0.0152. The van der Waals surface area contributed by atoms with Crippen molar-refractivity contribution in [2.75, 3.05) is 13.2 Å². The molecule has 112 valence electrons. The molecule has 0 amide bonds. The molecule has 1 atom stereocenters. The number of rotatable bonds is 4. The van der Waals surface area contributed by atoms with Gasteiger partial charge in [0.25, 0.3) is 0 Å². The fourth-order valence-corrected chi connectivity index (χ4v) is 4.71. The number of halogens is 1. The van der Waals surface area contributed by atoms with Crippen molar-refractivity contribution >= 4 is 27.3 Å². The van der Waals surface area contributed by atoms with E-state index in [1.807, 2.05) is 12.1 Å². The lowest BCUT2D eigenvalue weighted by Crippen LogP contribution is -2.45. The summed E-state index contributed by atoms with van der Waals surface area (Å²) < 4.78 is 6.64. The number of ether oxygens (including phenoxy) is 1. The number of hydrogen-bond donors (Lipinski definition) is 1. The molecule has 1 aromatic heterocycles. The Balaban J connectivity index is 1.90. The molecule has 2 aromatic rings. The van der Waals surface area contributed by atoms with E-state index in [1.165, 1.54) is 10.4 Å². The zero-order valence-corrected chi connectivity index (χ0v) is 14.2. The van der Waals surface area contributed by atoms with E-state index in [-0.39, 0.29) is 5.41 Å². The van der Waals surface area contributed by atoms with Crippen molar-refractivity contribution in [3.8, 4) is 0 Å². The van der Waals surface area contributed by atoms with Crippen molar-refractivity contribution in [1.82, 2.24) is 0 Å². The van der Waals surface area contributed by atoms with E-state index in [4.69, 9.17) is 4.74 Å². The molecule has 1 N–H and O–H groups in total. The number of aliphatic hydroxyl groups excluding tert-OH is 1. The molecule has 2 heterocycles. The van der Waals surface area contributed by atoms with Crippen LogP contribution in [-0.4, -0.2) is 24.4 Å². The molecule has 0 spiro atoms. The third-order valence-corrected chi connectivity index (χ3v) is 6.39. The summed E-state index contributed by atoms with van der Waals surface area (Å²) in [5, 5.41) is 13.1. The molecule has 0 aliphatic carbocycles. The Labute approximate surface area is 137 Å². The van der Waals surface area contributed by atoms with Gasteiger partial charge in [-0.1, -0.05) is 30.3 Å². The predicted octanol–water partition coefficient (Wildman–Crippen LogP) is 4.16. The van der Waals surface area contributed by atoms with E-state index in [9.17, 15) is 5.11 Å². The van der Waals surface area contributed by atoms with Crippen molar-refractivity contribution in [3.63, 3.8) is 0 Å². The highest BCUT2D eigenvalue weighted by Gasteiger charge is 2.41. The van der Waals surface area contributed by atoms with Gasteiger partial charge in [0.1, 0.15) is 0 Å². The van der Waals surface area contributed by atoms with Crippen LogP contribution >= 0.6 is 27.3 Å². The Hall–Kier alpha value is -0.680. The van der Waals surface area contributed by atoms with E-state index in [2.05, 4.69) is 45.6 Å². The van der Waals surface area contributed by atoms with Crippen LogP contribution in [-0.2, 0) is 16.6 Å². The minimum Gasteiger partial charge on any atom is -0.392 e. The molecular formula is C17H19BrO2S. The summed E-state index contributed by atoms with van der Waals surface area (Å²) in [7, 11) is 0. The Morgan fingerprint density at radius 1 is 1.19 bits per heavy atom. The lowest BCUT2D eigenvalue weighted by atomic mass is 9.69. The first-order chi connectivity index (χ1) is 10.2. The van der Waals surface area contributed by atoms with Crippen LogP contribution in [0, 0.1) is 0 Å². The van der Waals surface area contributed by atoms with Crippen LogP contribution in [0.5, 0.6) is 0 Å². The summed E-state index contributed by atoms with van der Waals surface area (Å²) in [6.07, 6.45) is 2.05. The highest BCUT2D eigenvalue weighted by molar-refractivity contribution is 9.10. The van der Waals surface area contributed by atoms with Gasteiger partial charge in [0.15, 0.2) is 0 Å². The minimum atomic E-state index is -0.390. The Morgan fingerprint density at radius 3 is 2.52 bits per heavy atom. The molecule has 2 nitrogen and oxygen atoms in total. The largest absolute Gasteiger partial charge is 0.392 e. The predicted molar refractivity (Wildman–Crippen MR) is 89.9 cm³/mol. The quantitative estimate of drug-likeness (QED) is 0.879. The molecule has 1 unspecified atom stereocenters. The monoisotopic (exact) mass is 366 g/mol. The highest BCUT2D eigenvalue weighted by Crippen LogP contribution is 2.40. The average molecular weight is 367 g/mol. The minimum absolute atomic E-state index is 0.192. The van der Waals surface area contributed by atoms with Crippen LogP contribution in [0.25, 0.3) is 0 Å². The maximum atomic E-state index is 11.0. The Morgan fingerprint density at radius 2 is 1.90 bits per heavy atom. The molecular weight excluding hydrogens is 348 g/mol. The summed E-state index contributed by atoms with van der Waals surface area (Å²) >= 11 is 5.26. The molecule has 0 radical (unpaired) electrons. The van der Waals surface area contributed by atoms with Crippen molar-refractivity contribution < 1.29 is 9.84 Å². The summed E-state index contributed by atoms with van der Waals surface area (Å²) in [5.74, 6) is 0. The standard InChI is InChI=1S/C17H19BrO2S/c18-14-6-11-21-15(14)12-16(19)17(7-9-20-10-8-17)13-4-2-1-3-5-13/h1-6,11,16,19H,7-10,12H2. The van der Waals surface area contributed by atoms with E-state index in [0.29, 0.717) is 6.42 Å². The number of aliphatic hydroxyl groups is 1. The van der Waals surface area contributed by atoms with Gasteiger partial charge in [0, 0.05) is 34.4 Å². The van der Waals surface area contributed by atoms with Crippen LogP contribution in [0.4, 0.5) is 0 Å². The first-order valence-electron chi connectivity index (χ1n) is 7.25. The third kappa shape index (κ3) is 3.09. The first kappa shape index (κ1) is 15.2. The molecule has 0 bridgehead atoms. The fraction of sp³-hybridized carbons (Fsp3) is 0.412. The van der Waals surface area contributed by atoms with Crippen molar-refractivity contribution in [2.45, 2.75) is 30.8 Å². The van der Waals surface area contributed by atoms with Crippen molar-refractivity contribution in [3.05, 3.63) is 56.7 Å². The van der Waals surface area contributed by atoms with Gasteiger partial charge >= 0.3 is 0 Å². The SMILES string of the molecule is OC(Cc1sccc1Br)C1(c2ccccc2)CCOCC1. The Bertz CT molecular complexity index is 575. The molecule has 1 aromatic carbocycles. The molecule has 3 rings (SSSR count). The average Bonchev–Trinajstić information content (AvgIpc) is 2.94.